The van der Waals surface area contributed by atoms with Crippen molar-refractivity contribution < 1.29 is 9.53 Å². The molecular formula is C29H26N2O2. The minimum Gasteiger partial charge on any atom is -0.352 e. The van der Waals surface area contributed by atoms with Gasteiger partial charge in [0, 0.05) is 0 Å². The lowest BCUT2D eigenvalue weighted by atomic mass is 9.76. The Bertz CT molecular complexity index is 1080. The number of hydrogen-bond acceptors (Lipinski definition) is 3. The van der Waals surface area contributed by atoms with Gasteiger partial charge in [0.1, 0.15) is 6.04 Å². The van der Waals surface area contributed by atoms with Crippen molar-refractivity contribution in [3.05, 3.63) is 144 Å². The fourth-order valence-electron chi connectivity index (χ4n) is 4.44. The summed E-state index contributed by atoms with van der Waals surface area (Å²) in [6, 6.07) is 40.3. The molecule has 2 N–H and O–H groups in total. The summed E-state index contributed by atoms with van der Waals surface area (Å²) in [7, 11) is 0. The molecule has 0 unspecified atom stereocenters. The molecule has 0 aliphatic carbocycles. The summed E-state index contributed by atoms with van der Waals surface area (Å²) in [4.78, 5) is 12.8. The Balaban J connectivity index is 1.54. The minimum absolute atomic E-state index is 0.0692. The summed E-state index contributed by atoms with van der Waals surface area (Å²) >= 11 is 0. The highest BCUT2D eigenvalue weighted by molar-refractivity contribution is 5.89. The highest BCUT2D eigenvalue weighted by Crippen LogP contribution is 2.38. The second kappa shape index (κ2) is 9.41. The van der Waals surface area contributed by atoms with Gasteiger partial charge in [-0.1, -0.05) is 121 Å². The molecule has 2 atom stereocenters. The molecule has 1 aliphatic heterocycles. The maximum Gasteiger partial charge on any atom is 0.243 e. The lowest BCUT2D eigenvalue weighted by Crippen LogP contribution is -2.72. The van der Waals surface area contributed by atoms with Gasteiger partial charge in [-0.05, 0) is 22.3 Å². The van der Waals surface area contributed by atoms with E-state index in [1.165, 1.54) is 0 Å². The summed E-state index contributed by atoms with van der Waals surface area (Å²) in [5.41, 5.74) is 3.52. The number of β-lactam (4-membered cyclic amide) rings is 1. The van der Waals surface area contributed by atoms with Gasteiger partial charge in [0.2, 0.25) is 5.91 Å². The van der Waals surface area contributed by atoms with Crippen LogP contribution in [-0.4, -0.2) is 18.2 Å². The average molecular weight is 435 g/mol. The lowest BCUT2D eigenvalue weighted by Gasteiger charge is -2.45. The van der Waals surface area contributed by atoms with Crippen LogP contribution in [0.2, 0.25) is 0 Å². The maximum absolute atomic E-state index is 12.8. The summed E-state index contributed by atoms with van der Waals surface area (Å²) in [5.74, 6) is -0.0692. The molecule has 5 rings (SSSR count). The molecule has 0 radical (unpaired) electrons. The van der Waals surface area contributed by atoms with Gasteiger partial charge in [-0.25, -0.2) is 0 Å². The van der Waals surface area contributed by atoms with Crippen LogP contribution in [0.4, 0.5) is 0 Å². The van der Waals surface area contributed by atoms with Crippen LogP contribution in [0.25, 0.3) is 0 Å². The normalized spacial score (nSPS) is 17.8. The largest absolute Gasteiger partial charge is 0.352 e. The van der Waals surface area contributed by atoms with E-state index in [2.05, 4.69) is 47.0 Å². The van der Waals surface area contributed by atoms with Crippen molar-refractivity contribution in [1.82, 2.24) is 10.6 Å². The van der Waals surface area contributed by atoms with Gasteiger partial charge in [0.05, 0.1) is 12.1 Å². The molecule has 4 aromatic rings. The van der Waals surface area contributed by atoms with E-state index in [-0.39, 0.29) is 5.91 Å². The molecule has 1 heterocycles. The monoisotopic (exact) mass is 434 g/mol. The van der Waals surface area contributed by atoms with Crippen LogP contribution in [-0.2, 0) is 21.7 Å². The summed E-state index contributed by atoms with van der Waals surface area (Å²) < 4.78 is 6.11. The highest BCUT2D eigenvalue weighted by atomic mass is 16.5. The number of benzene rings is 4. The Morgan fingerprint density at radius 1 is 0.667 bits per heavy atom. The molecule has 4 aromatic carbocycles. The molecule has 1 aliphatic rings. The molecule has 4 nitrogen and oxygen atoms in total. The molecule has 33 heavy (non-hydrogen) atoms. The van der Waals surface area contributed by atoms with Crippen molar-refractivity contribution in [2.75, 3.05) is 0 Å². The first-order valence-corrected chi connectivity index (χ1v) is 11.2. The number of carbonyl (C=O) groups excluding carboxylic acids is 1. The third-order valence-corrected chi connectivity index (χ3v) is 6.13. The Hall–Kier alpha value is -3.73. The van der Waals surface area contributed by atoms with Gasteiger partial charge < -0.3 is 10.1 Å². The molecule has 1 fully saturated rings. The Morgan fingerprint density at radius 3 is 1.52 bits per heavy atom. The molecule has 1 amide bonds. The first-order valence-electron chi connectivity index (χ1n) is 11.2. The molecule has 0 saturated carbocycles. The first-order chi connectivity index (χ1) is 16.3. The zero-order chi connectivity index (χ0) is 22.5. The maximum atomic E-state index is 12.8. The predicted octanol–water partition coefficient (Wildman–Crippen LogP) is 4.61. The Labute approximate surface area is 194 Å². The van der Waals surface area contributed by atoms with Crippen LogP contribution in [0.1, 0.15) is 22.3 Å². The van der Waals surface area contributed by atoms with Gasteiger partial charge >= 0.3 is 0 Å². The fourth-order valence-corrected chi connectivity index (χ4v) is 4.44. The van der Waals surface area contributed by atoms with Crippen LogP contribution in [0.5, 0.6) is 0 Å². The third-order valence-electron chi connectivity index (χ3n) is 6.13. The van der Waals surface area contributed by atoms with Gasteiger partial charge in [0.25, 0.3) is 0 Å². The SMILES string of the molecule is O=C1N[C@H](OCc2ccccc2)[C@@H]1NC(c1ccccc1)(c1ccccc1)c1ccccc1. The smallest absolute Gasteiger partial charge is 0.243 e. The third kappa shape index (κ3) is 4.19. The van der Waals surface area contributed by atoms with Crippen molar-refractivity contribution in [1.29, 1.82) is 0 Å². The van der Waals surface area contributed by atoms with E-state index in [0.29, 0.717) is 6.61 Å². The van der Waals surface area contributed by atoms with Crippen LogP contribution in [0.3, 0.4) is 0 Å². The van der Waals surface area contributed by atoms with E-state index < -0.39 is 17.8 Å². The van der Waals surface area contributed by atoms with E-state index in [4.69, 9.17) is 4.74 Å². The summed E-state index contributed by atoms with van der Waals surface area (Å²) in [5, 5.41) is 6.63. The molecule has 164 valence electrons. The average Bonchev–Trinajstić information content (AvgIpc) is 2.89. The number of rotatable bonds is 8. The van der Waals surface area contributed by atoms with Gasteiger partial charge in [-0.3, -0.25) is 10.1 Å². The fraction of sp³-hybridized carbons (Fsp3) is 0.138. The van der Waals surface area contributed by atoms with Crippen molar-refractivity contribution in [3.63, 3.8) is 0 Å². The number of carbonyl (C=O) groups is 1. The van der Waals surface area contributed by atoms with Crippen molar-refractivity contribution in [2.24, 2.45) is 0 Å². The second-order valence-corrected chi connectivity index (χ2v) is 8.20. The molecule has 1 saturated heterocycles. The van der Waals surface area contributed by atoms with Gasteiger partial charge in [0.15, 0.2) is 6.23 Å². The van der Waals surface area contributed by atoms with E-state index in [0.717, 1.165) is 22.3 Å². The standard InChI is InChI=1S/C29H26N2O2/c32-27-26(28(30-27)33-21-22-13-5-1-6-14-22)31-29(23-15-7-2-8-16-23,24-17-9-3-10-18-24)25-19-11-4-12-20-25/h1-20,26,28,31H,21H2,(H,30,32)/t26-,28-/m1/s1. The molecule has 0 aromatic heterocycles. The van der Waals surface area contributed by atoms with Gasteiger partial charge in [-0.2, -0.15) is 0 Å². The van der Waals surface area contributed by atoms with Crippen LogP contribution in [0, 0.1) is 0 Å². The predicted molar refractivity (Wildman–Crippen MR) is 129 cm³/mol. The van der Waals surface area contributed by atoms with Crippen LogP contribution < -0.4 is 10.6 Å². The molecular weight excluding hydrogens is 408 g/mol. The number of hydrogen-bond donors (Lipinski definition) is 2. The van der Waals surface area contributed by atoms with Crippen LogP contribution >= 0.6 is 0 Å². The second-order valence-electron chi connectivity index (χ2n) is 8.20. The highest BCUT2D eigenvalue weighted by Gasteiger charge is 2.47. The lowest BCUT2D eigenvalue weighted by molar-refractivity contribution is -0.149. The summed E-state index contributed by atoms with van der Waals surface area (Å²) in [6.45, 7) is 0.430. The van der Waals surface area contributed by atoms with E-state index in [1.54, 1.807) is 0 Å². The van der Waals surface area contributed by atoms with Gasteiger partial charge in [-0.15, -0.1) is 0 Å². The first kappa shape index (κ1) is 21.1. The minimum atomic E-state index is -0.722. The van der Waals surface area contributed by atoms with Crippen molar-refractivity contribution >= 4 is 5.91 Å². The van der Waals surface area contributed by atoms with Crippen molar-refractivity contribution in [3.8, 4) is 0 Å². The number of ether oxygens (including phenoxy) is 1. The zero-order valence-electron chi connectivity index (χ0n) is 18.2. The number of nitrogens with one attached hydrogen (secondary N) is 2. The zero-order valence-corrected chi connectivity index (χ0v) is 18.2. The number of amides is 1. The quantitative estimate of drug-likeness (QED) is 0.315. The van der Waals surface area contributed by atoms with Crippen LogP contribution in [0.15, 0.2) is 121 Å². The molecule has 0 bridgehead atoms. The van der Waals surface area contributed by atoms with E-state index >= 15 is 0 Å². The van der Waals surface area contributed by atoms with E-state index in [1.807, 2.05) is 84.9 Å². The Morgan fingerprint density at radius 2 is 1.09 bits per heavy atom. The van der Waals surface area contributed by atoms with E-state index in [9.17, 15) is 4.79 Å². The topological polar surface area (TPSA) is 50.4 Å². The molecule has 0 spiro atoms. The Kier molecular flexibility index (Phi) is 6.03. The molecule has 4 heteroatoms. The van der Waals surface area contributed by atoms with Crippen molar-refractivity contribution in [2.45, 2.75) is 24.4 Å². The summed E-state index contributed by atoms with van der Waals surface area (Å²) in [6.07, 6.45) is -0.423.